The van der Waals surface area contributed by atoms with Gasteiger partial charge in [0, 0.05) is 16.6 Å². The Morgan fingerprint density at radius 1 is 1.38 bits per heavy atom. The zero-order chi connectivity index (χ0) is 12.1. The summed E-state index contributed by atoms with van der Waals surface area (Å²) in [5, 5.41) is 2.47. The average Bonchev–Trinajstić information content (AvgIpc) is 2.21. The van der Waals surface area contributed by atoms with Gasteiger partial charge < -0.3 is 5.32 Å². The summed E-state index contributed by atoms with van der Waals surface area (Å²) < 4.78 is 26.9. The van der Waals surface area contributed by atoms with Gasteiger partial charge in [0.2, 0.25) is 5.91 Å². The summed E-state index contributed by atoms with van der Waals surface area (Å²) in [6.07, 6.45) is -0.321. The Labute approximate surface area is 100 Å². The van der Waals surface area contributed by atoms with Gasteiger partial charge in [0.25, 0.3) is 0 Å². The molecule has 2 nitrogen and oxygen atoms in total. The molecule has 0 aromatic heterocycles. The number of rotatable bonds is 4. The lowest BCUT2D eigenvalue weighted by molar-refractivity contribution is -0.120. The van der Waals surface area contributed by atoms with Gasteiger partial charge in [0.05, 0.1) is 6.42 Å². The van der Waals surface area contributed by atoms with Gasteiger partial charge in [-0.15, -0.1) is 0 Å². The predicted octanol–water partition coefficient (Wildman–Crippen LogP) is 2.53. The number of carbonyl (C=O) groups is 1. The van der Waals surface area contributed by atoms with Gasteiger partial charge in [-0.1, -0.05) is 28.6 Å². The number of halogens is 3. The van der Waals surface area contributed by atoms with Crippen LogP contribution in [0.2, 0.25) is 0 Å². The molecule has 0 fully saturated rings. The third-order valence-electron chi connectivity index (χ3n) is 1.88. The van der Waals surface area contributed by atoms with Crippen LogP contribution in [0.15, 0.2) is 29.3 Å². The van der Waals surface area contributed by atoms with Crippen molar-refractivity contribution in [3.05, 3.63) is 46.5 Å². The molecule has 1 rings (SSSR count). The molecule has 0 spiro atoms. The van der Waals surface area contributed by atoms with E-state index in [4.69, 9.17) is 0 Å². The molecule has 0 aliphatic rings. The van der Waals surface area contributed by atoms with Crippen molar-refractivity contribution < 1.29 is 13.6 Å². The molecular formula is C11H10BrF2NO. The van der Waals surface area contributed by atoms with E-state index in [0.717, 1.165) is 12.1 Å². The van der Waals surface area contributed by atoms with Gasteiger partial charge in [0.1, 0.15) is 11.6 Å². The Balaban J connectivity index is 2.66. The Bertz CT molecular complexity index is 400. The molecule has 16 heavy (non-hydrogen) atoms. The first-order chi connectivity index (χ1) is 7.50. The van der Waals surface area contributed by atoms with E-state index in [1.807, 2.05) is 0 Å². The van der Waals surface area contributed by atoms with Crippen LogP contribution in [0.5, 0.6) is 0 Å². The van der Waals surface area contributed by atoms with E-state index in [1.165, 1.54) is 6.07 Å². The first-order valence-corrected chi connectivity index (χ1v) is 5.33. The molecule has 0 heterocycles. The SMILES string of the molecule is C=C(Br)CNC(=O)Cc1c(F)cccc1F. The molecule has 1 aromatic rings. The number of benzene rings is 1. The van der Waals surface area contributed by atoms with Crippen LogP contribution in [0.3, 0.4) is 0 Å². The monoisotopic (exact) mass is 289 g/mol. The van der Waals surface area contributed by atoms with E-state index in [-0.39, 0.29) is 18.5 Å². The van der Waals surface area contributed by atoms with E-state index < -0.39 is 17.5 Å². The van der Waals surface area contributed by atoms with E-state index in [1.54, 1.807) is 0 Å². The molecule has 0 aliphatic heterocycles. The van der Waals surface area contributed by atoms with Crippen molar-refractivity contribution in [1.82, 2.24) is 5.32 Å². The fourth-order valence-corrected chi connectivity index (χ4v) is 1.26. The van der Waals surface area contributed by atoms with Crippen LogP contribution in [-0.2, 0) is 11.2 Å². The number of amides is 1. The molecule has 1 N–H and O–H groups in total. The van der Waals surface area contributed by atoms with Crippen LogP contribution >= 0.6 is 15.9 Å². The maximum Gasteiger partial charge on any atom is 0.224 e. The number of carbonyl (C=O) groups excluding carboxylic acids is 1. The molecule has 0 unspecified atom stereocenters. The second-order valence-electron chi connectivity index (χ2n) is 3.17. The zero-order valence-corrected chi connectivity index (χ0v) is 9.98. The summed E-state index contributed by atoms with van der Waals surface area (Å²) in [6.45, 7) is 3.75. The van der Waals surface area contributed by atoms with Gasteiger partial charge in [-0.3, -0.25) is 4.79 Å². The lowest BCUT2D eigenvalue weighted by Gasteiger charge is -2.05. The normalized spacial score (nSPS) is 9.94. The van der Waals surface area contributed by atoms with Crippen molar-refractivity contribution in [3.63, 3.8) is 0 Å². The molecule has 0 bridgehead atoms. The van der Waals surface area contributed by atoms with Crippen LogP contribution < -0.4 is 5.32 Å². The smallest absolute Gasteiger partial charge is 0.224 e. The summed E-state index contributed by atoms with van der Waals surface area (Å²) in [5.41, 5.74) is -0.222. The summed E-state index contributed by atoms with van der Waals surface area (Å²) in [7, 11) is 0. The maximum atomic E-state index is 13.2. The van der Waals surface area contributed by atoms with Gasteiger partial charge in [-0.2, -0.15) is 0 Å². The number of hydrogen-bond donors (Lipinski definition) is 1. The standard InChI is InChI=1S/C11H10BrF2NO/c1-7(12)6-15-11(16)5-8-9(13)3-2-4-10(8)14/h2-4H,1,5-6H2,(H,15,16). The Kier molecular flexibility index (Phi) is 4.61. The molecule has 5 heteroatoms. The third kappa shape index (κ3) is 3.73. The van der Waals surface area contributed by atoms with E-state index in [2.05, 4.69) is 27.8 Å². The first-order valence-electron chi connectivity index (χ1n) is 4.53. The highest BCUT2D eigenvalue weighted by atomic mass is 79.9. The summed E-state index contributed by atoms with van der Waals surface area (Å²) in [5.74, 6) is -1.88. The molecule has 0 radical (unpaired) electrons. The minimum absolute atomic E-state index is 0.222. The van der Waals surface area contributed by atoms with Gasteiger partial charge >= 0.3 is 0 Å². The van der Waals surface area contributed by atoms with Crippen molar-refractivity contribution in [1.29, 1.82) is 0 Å². The van der Waals surface area contributed by atoms with Crippen molar-refractivity contribution in [2.45, 2.75) is 6.42 Å². The molecule has 0 saturated carbocycles. The highest BCUT2D eigenvalue weighted by Gasteiger charge is 2.12. The van der Waals surface area contributed by atoms with Crippen molar-refractivity contribution in [2.75, 3.05) is 6.54 Å². The van der Waals surface area contributed by atoms with Crippen molar-refractivity contribution in [2.24, 2.45) is 0 Å². The lowest BCUT2D eigenvalue weighted by atomic mass is 10.1. The minimum atomic E-state index is -0.715. The van der Waals surface area contributed by atoms with Crippen LogP contribution in [0.1, 0.15) is 5.56 Å². The van der Waals surface area contributed by atoms with Gasteiger partial charge in [0.15, 0.2) is 0 Å². The highest BCUT2D eigenvalue weighted by molar-refractivity contribution is 9.11. The van der Waals surface area contributed by atoms with Crippen molar-refractivity contribution in [3.8, 4) is 0 Å². The fourth-order valence-electron chi connectivity index (χ4n) is 1.12. The molecule has 86 valence electrons. The maximum absolute atomic E-state index is 13.2. The van der Waals surface area contributed by atoms with Crippen LogP contribution in [-0.4, -0.2) is 12.5 Å². The first kappa shape index (κ1) is 12.8. The topological polar surface area (TPSA) is 29.1 Å². The van der Waals surface area contributed by atoms with Gasteiger partial charge in [-0.05, 0) is 12.1 Å². The van der Waals surface area contributed by atoms with E-state index >= 15 is 0 Å². The summed E-state index contributed by atoms with van der Waals surface area (Å²) >= 11 is 3.06. The second-order valence-corrected chi connectivity index (χ2v) is 4.29. The molecule has 0 aliphatic carbocycles. The van der Waals surface area contributed by atoms with Crippen LogP contribution in [0.4, 0.5) is 8.78 Å². The van der Waals surface area contributed by atoms with Crippen molar-refractivity contribution >= 4 is 21.8 Å². The molecule has 0 saturated heterocycles. The Morgan fingerprint density at radius 3 is 2.44 bits per heavy atom. The lowest BCUT2D eigenvalue weighted by Crippen LogP contribution is -2.26. The van der Waals surface area contributed by atoms with E-state index in [9.17, 15) is 13.6 Å². The number of nitrogens with one attached hydrogen (secondary N) is 1. The third-order valence-corrected chi connectivity index (χ3v) is 2.16. The highest BCUT2D eigenvalue weighted by Crippen LogP contribution is 2.12. The fraction of sp³-hybridized carbons (Fsp3) is 0.182. The number of hydrogen-bond acceptors (Lipinski definition) is 1. The van der Waals surface area contributed by atoms with Crippen LogP contribution in [0.25, 0.3) is 0 Å². The molecule has 0 atom stereocenters. The largest absolute Gasteiger partial charge is 0.351 e. The Morgan fingerprint density at radius 2 is 1.94 bits per heavy atom. The average molecular weight is 290 g/mol. The summed E-state index contributed by atoms with van der Waals surface area (Å²) in [4.78, 5) is 11.3. The van der Waals surface area contributed by atoms with E-state index in [0.29, 0.717) is 4.48 Å². The zero-order valence-electron chi connectivity index (χ0n) is 8.40. The van der Waals surface area contributed by atoms with Crippen LogP contribution in [0, 0.1) is 11.6 Å². The quantitative estimate of drug-likeness (QED) is 0.907. The predicted molar refractivity (Wildman–Crippen MR) is 61.1 cm³/mol. The molecule has 1 amide bonds. The summed E-state index contributed by atoms with van der Waals surface area (Å²) in [6, 6.07) is 3.50. The second kappa shape index (κ2) is 5.75. The Hall–Kier alpha value is -1.23. The van der Waals surface area contributed by atoms with Gasteiger partial charge in [-0.25, -0.2) is 8.78 Å². The molecular weight excluding hydrogens is 280 g/mol. The minimum Gasteiger partial charge on any atom is -0.351 e. The molecule has 1 aromatic carbocycles.